The van der Waals surface area contributed by atoms with E-state index < -0.39 is 10.0 Å². The van der Waals surface area contributed by atoms with Gasteiger partial charge in [0.05, 0.1) is 5.75 Å². The summed E-state index contributed by atoms with van der Waals surface area (Å²) in [5, 5.41) is 0. The molecule has 1 N–H and O–H groups in total. The maximum absolute atomic E-state index is 11.7. The molecule has 1 heterocycles. The fourth-order valence-electron chi connectivity index (χ4n) is 2.78. The van der Waals surface area contributed by atoms with Crippen molar-refractivity contribution < 1.29 is 8.42 Å². The molecule has 2 rings (SSSR count). The lowest BCUT2D eigenvalue weighted by molar-refractivity contribution is 0.139. The van der Waals surface area contributed by atoms with Crippen LogP contribution < -0.4 is 4.72 Å². The van der Waals surface area contributed by atoms with Crippen molar-refractivity contribution in [1.29, 1.82) is 0 Å². The van der Waals surface area contributed by atoms with Crippen molar-refractivity contribution in [1.82, 2.24) is 9.62 Å². The van der Waals surface area contributed by atoms with Gasteiger partial charge in [0.15, 0.2) is 0 Å². The molecule has 1 aliphatic heterocycles. The van der Waals surface area contributed by atoms with E-state index >= 15 is 0 Å². The minimum absolute atomic E-state index is 0.125. The van der Waals surface area contributed by atoms with Gasteiger partial charge < -0.3 is 0 Å². The fraction of sp³-hybridized carbons (Fsp3) is 0.625. The first kappa shape index (κ1) is 16.5. The molecule has 1 saturated heterocycles. The molecule has 1 aromatic rings. The molecule has 118 valence electrons. The van der Waals surface area contributed by atoms with E-state index in [1.165, 1.54) is 18.4 Å². The maximum Gasteiger partial charge on any atom is 0.211 e. The Balaban J connectivity index is 2.11. The van der Waals surface area contributed by atoms with Crippen molar-refractivity contribution in [3.8, 4) is 0 Å². The van der Waals surface area contributed by atoms with Gasteiger partial charge in [-0.05, 0) is 44.3 Å². The first-order valence-electron chi connectivity index (χ1n) is 7.78. The minimum atomic E-state index is -3.15. The number of piperidine rings is 1. The van der Waals surface area contributed by atoms with Crippen molar-refractivity contribution in [2.24, 2.45) is 5.92 Å². The Kier molecular flexibility index (Phi) is 5.79. The molecule has 1 fully saturated rings. The fourth-order valence-corrected chi connectivity index (χ4v) is 3.40. The van der Waals surface area contributed by atoms with Gasteiger partial charge in [0.2, 0.25) is 10.0 Å². The Bertz CT molecular complexity index is 522. The second-order valence-corrected chi connectivity index (χ2v) is 7.99. The van der Waals surface area contributed by atoms with Crippen LogP contribution in [0.5, 0.6) is 0 Å². The summed E-state index contributed by atoms with van der Waals surface area (Å²) in [7, 11) is -3.15. The molecule has 0 radical (unpaired) electrons. The number of hydrogen-bond acceptors (Lipinski definition) is 3. The molecule has 0 amide bonds. The zero-order chi connectivity index (χ0) is 15.3. The Hall–Kier alpha value is -0.910. The van der Waals surface area contributed by atoms with Crippen molar-refractivity contribution in [2.75, 3.05) is 25.4 Å². The number of sulfonamides is 1. The van der Waals surface area contributed by atoms with Gasteiger partial charge in [-0.15, -0.1) is 0 Å². The van der Waals surface area contributed by atoms with E-state index in [0.29, 0.717) is 6.54 Å². The van der Waals surface area contributed by atoms with E-state index in [1.807, 2.05) is 18.2 Å². The van der Waals surface area contributed by atoms with Gasteiger partial charge in [0, 0.05) is 12.6 Å². The second kappa shape index (κ2) is 7.38. The smallest absolute Gasteiger partial charge is 0.211 e. The third-order valence-corrected chi connectivity index (χ3v) is 5.69. The average Bonchev–Trinajstić information content (AvgIpc) is 2.50. The Morgan fingerprint density at radius 3 is 2.43 bits per heavy atom. The van der Waals surface area contributed by atoms with Crippen LogP contribution in [-0.4, -0.2) is 38.7 Å². The highest BCUT2D eigenvalue weighted by Crippen LogP contribution is 2.26. The number of nitrogens with zero attached hydrogens (tertiary/aromatic N) is 1. The summed E-state index contributed by atoms with van der Waals surface area (Å²) < 4.78 is 26.2. The standard InChI is InChI=1S/C16H26N2O2S/c1-3-21(19,20)17-13-16(15-7-5-4-6-8-15)18-11-9-14(2)10-12-18/h4-8,14,16-17H,3,9-13H2,1-2H3. The quantitative estimate of drug-likeness (QED) is 0.878. The van der Waals surface area contributed by atoms with Gasteiger partial charge in [0.25, 0.3) is 0 Å². The number of benzene rings is 1. The molecule has 0 bridgehead atoms. The molecule has 1 aliphatic rings. The van der Waals surface area contributed by atoms with Crippen LogP contribution >= 0.6 is 0 Å². The van der Waals surface area contributed by atoms with Crippen LogP contribution in [0.1, 0.15) is 38.3 Å². The maximum atomic E-state index is 11.7. The molecule has 1 unspecified atom stereocenters. The summed E-state index contributed by atoms with van der Waals surface area (Å²) in [6, 6.07) is 10.3. The first-order valence-corrected chi connectivity index (χ1v) is 9.43. The molecule has 4 nitrogen and oxygen atoms in total. The van der Waals surface area contributed by atoms with Gasteiger partial charge >= 0.3 is 0 Å². The van der Waals surface area contributed by atoms with Crippen LogP contribution in [0.25, 0.3) is 0 Å². The van der Waals surface area contributed by atoms with E-state index in [9.17, 15) is 8.42 Å². The summed E-state index contributed by atoms with van der Waals surface area (Å²) in [5.41, 5.74) is 1.19. The van der Waals surface area contributed by atoms with Crippen molar-refractivity contribution >= 4 is 10.0 Å². The van der Waals surface area contributed by atoms with E-state index in [4.69, 9.17) is 0 Å². The molecule has 0 saturated carbocycles. The van der Waals surface area contributed by atoms with E-state index in [0.717, 1.165) is 19.0 Å². The lowest BCUT2D eigenvalue weighted by atomic mass is 9.96. The van der Waals surface area contributed by atoms with E-state index in [-0.39, 0.29) is 11.8 Å². The summed E-state index contributed by atoms with van der Waals surface area (Å²) in [5.74, 6) is 0.899. The molecule has 21 heavy (non-hydrogen) atoms. The third-order valence-electron chi connectivity index (χ3n) is 4.32. The molecule has 0 aromatic heterocycles. The van der Waals surface area contributed by atoms with Crippen LogP contribution in [0.2, 0.25) is 0 Å². The average molecular weight is 310 g/mol. The minimum Gasteiger partial charge on any atom is -0.295 e. The lowest BCUT2D eigenvalue weighted by Crippen LogP contribution is -2.42. The SMILES string of the molecule is CCS(=O)(=O)NCC(c1ccccc1)N1CCC(C)CC1. The Morgan fingerprint density at radius 1 is 1.24 bits per heavy atom. The molecular formula is C16H26N2O2S. The third kappa shape index (κ3) is 4.80. The predicted molar refractivity (Wildman–Crippen MR) is 86.6 cm³/mol. The van der Waals surface area contributed by atoms with Crippen LogP contribution in [0.4, 0.5) is 0 Å². The summed E-state index contributed by atoms with van der Waals surface area (Å²) in [4.78, 5) is 2.41. The largest absolute Gasteiger partial charge is 0.295 e. The number of likely N-dealkylation sites (tertiary alicyclic amines) is 1. The van der Waals surface area contributed by atoms with Gasteiger partial charge in [-0.25, -0.2) is 13.1 Å². The van der Waals surface area contributed by atoms with E-state index in [1.54, 1.807) is 6.92 Å². The Labute approximate surface area is 128 Å². The summed E-state index contributed by atoms with van der Waals surface area (Å²) >= 11 is 0. The Morgan fingerprint density at radius 2 is 1.86 bits per heavy atom. The zero-order valence-corrected chi connectivity index (χ0v) is 13.8. The molecular weight excluding hydrogens is 284 g/mol. The first-order chi connectivity index (χ1) is 10.0. The van der Waals surface area contributed by atoms with Crippen molar-refractivity contribution in [3.63, 3.8) is 0 Å². The van der Waals surface area contributed by atoms with Crippen molar-refractivity contribution in [2.45, 2.75) is 32.7 Å². The molecule has 1 atom stereocenters. The molecule has 0 aliphatic carbocycles. The van der Waals surface area contributed by atoms with Gasteiger partial charge in [0.1, 0.15) is 0 Å². The van der Waals surface area contributed by atoms with Crippen LogP contribution in [0.3, 0.4) is 0 Å². The topological polar surface area (TPSA) is 49.4 Å². The van der Waals surface area contributed by atoms with E-state index in [2.05, 4.69) is 28.7 Å². The highest BCUT2D eigenvalue weighted by atomic mass is 32.2. The van der Waals surface area contributed by atoms with Crippen molar-refractivity contribution in [3.05, 3.63) is 35.9 Å². The highest BCUT2D eigenvalue weighted by Gasteiger charge is 2.25. The molecule has 1 aromatic carbocycles. The molecule has 0 spiro atoms. The normalized spacial score (nSPS) is 19.5. The highest BCUT2D eigenvalue weighted by molar-refractivity contribution is 7.89. The monoisotopic (exact) mass is 310 g/mol. The van der Waals surface area contributed by atoms with Crippen LogP contribution in [0.15, 0.2) is 30.3 Å². The predicted octanol–water partition coefficient (Wildman–Crippen LogP) is 2.40. The summed E-state index contributed by atoms with van der Waals surface area (Å²) in [6.45, 7) is 6.48. The molecule has 5 heteroatoms. The van der Waals surface area contributed by atoms with Gasteiger partial charge in [-0.1, -0.05) is 37.3 Å². The number of hydrogen-bond donors (Lipinski definition) is 1. The van der Waals surface area contributed by atoms with Gasteiger partial charge in [-0.2, -0.15) is 0 Å². The number of rotatable bonds is 6. The van der Waals surface area contributed by atoms with Crippen LogP contribution in [-0.2, 0) is 10.0 Å². The summed E-state index contributed by atoms with van der Waals surface area (Å²) in [6.07, 6.45) is 2.37. The van der Waals surface area contributed by atoms with Crippen LogP contribution in [0, 0.1) is 5.92 Å². The number of nitrogens with one attached hydrogen (secondary N) is 1. The zero-order valence-electron chi connectivity index (χ0n) is 13.0. The second-order valence-electron chi connectivity index (χ2n) is 5.90. The van der Waals surface area contributed by atoms with Gasteiger partial charge in [-0.3, -0.25) is 4.90 Å². The lowest BCUT2D eigenvalue weighted by Gasteiger charge is -2.37.